The molecule has 1 unspecified atom stereocenters. The van der Waals surface area contributed by atoms with E-state index in [0.717, 1.165) is 12.8 Å². The Hall–Kier alpha value is -0.950. The van der Waals surface area contributed by atoms with E-state index < -0.39 is 5.97 Å². The molecular formula is C13H28O6. The van der Waals surface area contributed by atoms with Crippen molar-refractivity contribution < 1.29 is 30.3 Å². The smallest absolute Gasteiger partial charge is 0.330 e. The van der Waals surface area contributed by atoms with E-state index in [1.807, 2.05) is 0 Å². The van der Waals surface area contributed by atoms with Gasteiger partial charge in [-0.3, -0.25) is 0 Å². The summed E-state index contributed by atoms with van der Waals surface area (Å²) in [4.78, 5) is 9.86. The number of carboxylic acid groups (broad SMARTS) is 1. The summed E-state index contributed by atoms with van der Waals surface area (Å²) in [6, 6.07) is 0. The molecule has 0 saturated carbocycles. The molecule has 5 N–H and O–H groups in total. The Morgan fingerprint density at radius 1 is 1.11 bits per heavy atom. The van der Waals surface area contributed by atoms with Crippen molar-refractivity contribution in [2.24, 2.45) is 0 Å². The lowest BCUT2D eigenvalue weighted by atomic mass is 10.3. The number of carbonyl (C=O) groups is 1. The van der Waals surface area contributed by atoms with E-state index in [0.29, 0.717) is 12.0 Å². The van der Waals surface area contributed by atoms with Crippen molar-refractivity contribution in [1.82, 2.24) is 0 Å². The van der Waals surface area contributed by atoms with Crippen LogP contribution in [0, 0.1) is 0 Å². The van der Waals surface area contributed by atoms with Gasteiger partial charge in [-0.05, 0) is 40.0 Å². The van der Waals surface area contributed by atoms with Gasteiger partial charge in [0.1, 0.15) is 0 Å². The molecule has 0 aliphatic carbocycles. The Bertz CT molecular complexity index is 209. The predicted octanol–water partition coefficient (Wildman–Crippen LogP) is 0.538. The number of rotatable bonds is 6. The van der Waals surface area contributed by atoms with Crippen molar-refractivity contribution in [3.8, 4) is 0 Å². The van der Waals surface area contributed by atoms with Crippen LogP contribution >= 0.6 is 0 Å². The summed E-state index contributed by atoms with van der Waals surface area (Å²) in [5.74, 6) is -0.845. The van der Waals surface area contributed by atoms with E-state index >= 15 is 0 Å². The molecule has 0 amide bonds. The standard InChI is InChI=1S/C5H8O2.2C4H10O2/c1-3-4(2)5(6)7;1-4(6)2-3-5;5-3-1-2-4-6/h3H,1-2H3,(H,6,7);4-6H,2-3H2,1H3;5-6H,1-4H2. The molecule has 0 aliphatic rings. The fourth-order valence-electron chi connectivity index (χ4n) is 0.534. The summed E-state index contributed by atoms with van der Waals surface area (Å²) >= 11 is 0. The molecule has 6 nitrogen and oxygen atoms in total. The molecule has 0 rings (SSSR count). The van der Waals surface area contributed by atoms with Crippen molar-refractivity contribution in [1.29, 1.82) is 0 Å². The first-order valence-corrected chi connectivity index (χ1v) is 6.24. The van der Waals surface area contributed by atoms with Crippen LogP contribution in [0.5, 0.6) is 0 Å². The zero-order valence-corrected chi connectivity index (χ0v) is 12.0. The molecule has 0 aromatic carbocycles. The highest BCUT2D eigenvalue weighted by molar-refractivity contribution is 5.85. The summed E-state index contributed by atoms with van der Waals surface area (Å²) in [7, 11) is 0. The molecule has 0 spiro atoms. The number of carboxylic acids is 1. The van der Waals surface area contributed by atoms with Crippen molar-refractivity contribution in [3.05, 3.63) is 11.6 Å². The van der Waals surface area contributed by atoms with E-state index in [1.54, 1.807) is 26.8 Å². The minimum Gasteiger partial charge on any atom is -0.478 e. The molecule has 116 valence electrons. The van der Waals surface area contributed by atoms with Gasteiger partial charge in [0.05, 0.1) is 6.10 Å². The fraction of sp³-hybridized carbons (Fsp3) is 0.769. The quantitative estimate of drug-likeness (QED) is 0.358. The van der Waals surface area contributed by atoms with Crippen LogP contribution < -0.4 is 0 Å². The number of hydrogen-bond donors (Lipinski definition) is 5. The average molecular weight is 280 g/mol. The lowest BCUT2D eigenvalue weighted by molar-refractivity contribution is -0.132. The maximum atomic E-state index is 9.86. The van der Waals surface area contributed by atoms with Gasteiger partial charge in [0, 0.05) is 25.4 Å². The SMILES string of the molecule is CC(O)CCO.CC=C(C)C(=O)O.OCCCCO. The van der Waals surface area contributed by atoms with Gasteiger partial charge in [-0.15, -0.1) is 0 Å². The third-order valence-electron chi connectivity index (χ3n) is 1.88. The van der Waals surface area contributed by atoms with Gasteiger partial charge < -0.3 is 25.5 Å². The molecule has 6 heteroatoms. The number of allylic oxidation sites excluding steroid dienone is 1. The Kier molecular flexibility index (Phi) is 23.6. The van der Waals surface area contributed by atoms with Crippen LogP contribution in [0.15, 0.2) is 11.6 Å². The molecule has 0 bridgehead atoms. The number of aliphatic hydroxyl groups is 4. The molecule has 0 aromatic rings. The molecule has 0 fully saturated rings. The van der Waals surface area contributed by atoms with Crippen LogP contribution in [0.3, 0.4) is 0 Å². The lowest BCUT2D eigenvalue weighted by Gasteiger charge is -1.95. The minimum absolute atomic E-state index is 0.0810. The van der Waals surface area contributed by atoms with Crippen molar-refractivity contribution >= 4 is 5.97 Å². The molecule has 19 heavy (non-hydrogen) atoms. The van der Waals surface area contributed by atoms with Crippen LogP contribution in [0.25, 0.3) is 0 Å². The maximum absolute atomic E-state index is 9.86. The van der Waals surface area contributed by atoms with E-state index in [-0.39, 0.29) is 25.9 Å². The van der Waals surface area contributed by atoms with E-state index in [2.05, 4.69) is 0 Å². The minimum atomic E-state index is -0.845. The molecule has 0 aliphatic heterocycles. The average Bonchev–Trinajstić information content (AvgIpc) is 2.36. The molecule has 0 heterocycles. The van der Waals surface area contributed by atoms with Gasteiger partial charge in [-0.25, -0.2) is 4.79 Å². The molecule has 0 radical (unpaired) electrons. The Morgan fingerprint density at radius 2 is 1.53 bits per heavy atom. The van der Waals surface area contributed by atoms with Crippen LogP contribution in [-0.2, 0) is 4.79 Å². The van der Waals surface area contributed by atoms with Crippen LogP contribution in [0.2, 0.25) is 0 Å². The van der Waals surface area contributed by atoms with Gasteiger partial charge in [0.25, 0.3) is 0 Å². The van der Waals surface area contributed by atoms with Crippen molar-refractivity contribution in [2.45, 2.75) is 46.1 Å². The molecule has 0 aromatic heterocycles. The third-order valence-corrected chi connectivity index (χ3v) is 1.88. The molecular weight excluding hydrogens is 252 g/mol. The second-order valence-electron chi connectivity index (χ2n) is 3.79. The Morgan fingerprint density at radius 3 is 1.58 bits per heavy atom. The zero-order valence-electron chi connectivity index (χ0n) is 12.0. The maximum Gasteiger partial charge on any atom is 0.330 e. The number of hydrogen-bond acceptors (Lipinski definition) is 5. The van der Waals surface area contributed by atoms with Crippen LogP contribution in [-0.4, -0.2) is 57.4 Å². The first kappa shape index (κ1) is 23.2. The summed E-state index contributed by atoms with van der Waals surface area (Å²) in [5, 5.41) is 40.8. The van der Waals surface area contributed by atoms with Crippen LogP contribution in [0.1, 0.15) is 40.0 Å². The number of aliphatic carboxylic acids is 1. The fourth-order valence-corrected chi connectivity index (χ4v) is 0.534. The first-order valence-electron chi connectivity index (χ1n) is 6.24. The van der Waals surface area contributed by atoms with E-state index in [9.17, 15) is 4.79 Å². The monoisotopic (exact) mass is 280 g/mol. The second kappa shape index (κ2) is 19.4. The summed E-state index contributed by atoms with van der Waals surface area (Å²) in [6.45, 7) is 5.38. The number of aliphatic hydroxyl groups excluding tert-OH is 4. The van der Waals surface area contributed by atoms with E-state index in [4.69, 9.17) is 25.5 Å². The predicted molar refractivity (Wildman–Crippen MR) is 73.9 cm³/mol. The van der Waals surface area contributed by atoms with Crippen molar-refractivity contribution in [3.63, 3.8) is 0 Å². The normalized spacial score (nSPS) is 11.6. The Balaban J connectivity index is -0.000000203. The third kappa shape index (κ3) is 31.6. The van der Waals surface area contributed by atoms with Crippen LogP contribution in [0.4, 0.5) is 0 Å². The summed E-state index contributed by atoms with van der Waals surface area (Å²) in [5.41, 5.74) is 0.389. The number of unbranched alkanes of at least 4 members (excludes halogenated alkanes) is 1. The van der Waals surface area contributed by atoms with Gasteiger partial charge in [0.2, 0.25) is 0 Å². The topological polar surface area (TPSA) is 118 Å². The summed E-state index contributed by atoms with van der Waals surface area (Å²) in [6.07, 6.45) is 3.13. The van der Waals surface area contributed by atoms with E-state index in [1.165, 1.54) is 0 Å². The van der Waals surface area contributed by atoms with Gasteiger partial charge in [0.15, 0.2) is 0 Å². The summed E-state index contributed by atoms with van der Waals surface area (Å²) < 4.78 is 0. The zero-order chi connectivity index (χ0) is 15.7. The highest BCUT2D eigenvalue weighted by atomic mass is 16.4. The second-order valence-corrected chi connectivity index (χ2v) is 3.79. The highest BCUT2D eigenvalue weighted by Gasteiger charge is 1.93. The van der Waals surface area contributed by atoms with Gasteiger partial charge >= 0.3 is 5.97 Å². The van der Waals surface area contributed by atoms with Gasteiger partial charge in [-0.2, -0.15) is 0 Å². The molecule has 1 atom stereocenters. The molecule has 0 saturated heterocycles. The largest absolute Gasteiger partial charge is 0.478 e. The highest BCUT2D eigenvalue weighted by Crippen LogP contribution is 1.87. The first-order chi connectivity index (χ1) is 8.87. The van der Waals surface area contributed by atoms with Crippen molar-refractivity contribution in [2.75, 3.05) is 19.8 Å². The lowest BCUT2D eigenvalue weighted by Crippen LogP contribution is -2.00. The Labute approximate surface area is 115 Å². The van der Waals surface area contributed by atoms with Gasteiger partial charge in [-0.1, -0.05) is 6.08 Å².